The van der Waals surface area contributed by atoms with Gasteiger partial charge in [-0.3, -0.25) is 4.98 Å². The van der Waals surface area contributed by atoms with Crippen molar-refractivity contribution >= 4 is 28.6 Å². The summed E-state index contributed by atoms with van der Waals surface area (Å²) in [6.45, 7) is 0.292. The van der Waals surface area contributed by atoms with Gasteiger partial charge in [0.25, 0.3) is 6.01 Å². The quantitative estimate of drug-likeness (QED) is 0.306. The van der Waals surface area contributed by atoms with Crippen molar-refractivity contribution in [3.8, 4) is 11.8 Å². The molecule has 3 N–H and O–H groups in total. The summed E-state index contributed by atoms with van der Waals surface area (Å²) in [5, 5.41) is 13.0. The van der Waals surface area contributed by atoms with E-state index in [-0.39, 0.29) is 60.2 Å². The number of rotatable bonds is 8. The second kappa shape index (κ2) is 10.3. The molecule has 2 saturated heterocycles. The van der Waals surface area contributed by atoms with Crippen molar-refractivity contribution in [2.45, 2.75) is 37.6 Å². The molecule has 4 aromatic rings. The van der Waals surface area contributed by atoms with Crippen LogP contribution in [0.3, 0.4) is 0 Å². The van der Waals surface area contributed by atoms with Crippen LogP contribution in [0.4, 0.5) is 14.6 Å². The normalized spacial score (nSPS) is 22.5. The molecule has 0 saturated carbocycles. The largest absolute Gasteiger partial charge is 0.487 e. The maximum absolute atomic E-state index is 14.7. The van der Waals surface area contributed by atoms with E-state index in [9.17, 15) is 13.9 Å². The summed E-state index contributed by atoms with van der Waals surface area (Å²) >= 11 is 6.35. The van der Waals surface area contributed by atoms with Crippen LogP contribution in [0.5, 0.6) is 11.8 Å². The van der Waals surface area contributed by atoms with Crippen molar-refractivity contribution in [1.82, 2.24) is 19.9 Å². The maximum atomic E-state index is 14.7. The standard InChI is InChI=1S/C25H22ClF2N5O5/c26-15-7-18-24(33-25(31-18)38-20-11-37-21-19(34)10-36-22(20)21)32-23(15)30-8-14-16(27)5-13(6-17(14)28)35-9-12-3-1-2-4-29-12/h1-7,19-22,34H,8-11H2,(H2,30,31,32,33)/t19-,20-,21-,22-/m1/s1. The summed E-state index contributed by atoms with van der Waals surface area (Å²) in [5.41, 5.74) is 1.22. The van der Waals surface area contributed by atoms with Gasteiger partial charge in [-0.25, -0.2) is 13.8 Å². The van der Waals surface area contributed by atoms with E-state index in [1.165, 1.54) is 0 Å². The zero-order valence-electron chi connectivity index (χ0n) is 19.7. The summed E-state index contributed by atoms with van der Waals surface area (Å²) < 4.78 is 51.9. The Bertz CT molecular complexity index is 1440. The zero-order chi connectivity index (χ0) is 26.2. The van der Waals surface area contributed by atoms with Crippen molar-refractivity contribution in [3.05, 3.63) is 70.5 Å². The van der Waals surface area contributed by atoms with E-state index in [0.29, 0.717) is 11.2 Å². The molecule has 4 atom stereocenters. The molecule has 2 aliphatic heterocycles. The van der Waals surface area contributed by atoms with E-state index >= 15 is 0 Å². The van der Waals surface area contributed by atoms with Gasteiger partial charge in [-0.2, -0.15) is 4.98 Å². The van der Waals surface area contributed by atoms with Gasteiger partial charge in [0.2, 0.25) is 0 Å². The zero-order valence-corrected chi connectivity index (χ0v) is 20.5. The first-order valence-corrected chi connectivity index (χ1v) is 12.2. The van der Waals surface area contributed by atoms with E-state index in [1.807, 2.05) is 0 Å². The maximum Gasteiger partial charge on any atom is 0.296 e. The number of pyridine rings is 2. The minimum absolute atomic E-state index is 0.0486. The highest BCUT2D eigenvalue weighted by Crippen LogP contribution is 2.31. The van der Waals surface area contributed by atoms with Crippen LogP contribution in [0.25, 0.3) is 11.2 Å². The fourth-order valence-corrected chi connectivity index (χ4v) is 4.63. The number of aromatic amines is 1. The predicted octanol–water partition coefficient (Wildman–Crippen LogP) is 3.38. The van der Waals surface area contributed by atoms with Crippen LogP contribution in [0.15, 0.2) is 42.6 Å². The monoisotopic (exact) mass is 545 g/mol. The van der Waals surface area contributed by atoms with Gasteiger partial charge in [-0.05, 0) is 18.2 Å². The summed E-state index contributed by atoms with van der Waals surface area (Å²) in [5.74, 6) is -1.32. The minimum atomic E-state index is -0.780. The van der Waals surface area contributed by atoms with E-state index in [1.54, 1.807) is 30.5 Å². The number of aromatic nitrogens is 4. The molecule has 38 heavy (non-hydrogen) atoms. The van der Waals surface area contributed by atoms with E-state index in [2.05, 4.69) is 25.3 Å². The Morgan fingerprint density at radius 3 is 2.71 bits per heavy atom. The van der Waals surface area contributed by atoms with Gasteiger partial charge >= 0.3 is 0 Å². The molecule has 0 spiro atoms. The number of anilines is 1. The number of imidazole rings is 1. The third kappa shape index (κ3) is 4.95. The summed E-state index contributed by atoms with van der Waals surface area (Å²) in [7, 11) is 0. The molecule has 0 bridgehead atoms. The number of hydrogen-bond acceptors (Lipinski definition) is 9. The third-order valence-electron chi connectivity index (χ3n) is 6.31. The van der Waals surface area contributed by atoms with E-state index in [4.69, 9.17) is 30.5 Å². The van der Waals surface area contributed by atoms with Crippen LogP contribution >= 0.6 is 11.6 Å². The average Bonchev–Trinajstić information content (AvgIpc) is 3.59. The smallest absolute Gasteiger partial charge is 0.296 e. The number of hydrogen-bond donors (Lipinski definition) is 3. The van der Waals surface area contributed by atoms with Crippen molar-refractivity contribution in [1.29, 1.82) is 0 Å². The molecule has 0 amide bonds. The molecule has 0 unspecified atom stereocenters. The fourth-order valence-electron chi connectivity index (χ4n) is 4.41. The Balaban J connectivity index is 1.12. The molecule has 2 aliphatic rings. The number of fused-ring (bicyclic) bond motifs is 2. The van der Waals surface area contributed by atoms with E-state index in [0.717, 1.165) is 12.1 Å². The lowest BCUT2D eigenvalue weighted by Gasteiger charge is -2.15. The number of H-pyrrole nitrogens is 1. The van der Waals surface area contributed by atoms with Crippen LogP contribution in [0.1, 0.15) is 11.3 Å². The third-order valence-corrected chi connectivity index (χ3v) is 6.60. The fraction of sp³-hybridized carbons (Fsp3) is 0.320. The topological polar surface area (TPSA) is 124 Å². The van der Waals surface area contributed by atoms with Gasteiger partial charge in [-0.15, -0.1) is 0 Å². The first-order chi connectivity index (χ1) is 18.4. The van der Waals surface area contributed by atoms with Gasteiger partial charge < -0.3 is 34.4 Å². The van der Waals surface area contributed by atoms with Gasteiger partial charge in [0.05, 0.1) is 29.4 Å². The summed E-state index contributed by atoms with van der Waals surface area (Å²) in [6, 6.07) is 9.30. The molecule has 1 aromatic carbocycles. The summed E-state index contributed by atoms with van der Waals surface area (Å²) in [4.78, 5) is 15.8. The molecule has 13 heteroatoms. The van der Waals surface area contributed by atoms with Crippen LogP contribution in [-0.4, -0.2) is 62.7 Å². The molecular weight excluding hydrogens is 524 g/mol. The van der Waals surface area contributed by atoms with Gasteiger partial charge in [0, 0.05) is 30.4 Å². The number of benzene rings is 1. The van der Waals surface area contributed by atoms with Gasteiger partial charge in [-0.1, -0.05) is 17.7 Å². The Labute approximate surface area is 219 Å². The molecule has 198 valence electrons. The highest BCUT2D eigenvalue weighted by molar-refractivity contribution is 6.33. The van der Waals surface area contributed by atoms with Crippen molar-refractivity contribution in [2.75, 3.05) is 18.5 Å². The number of halogens is 3. The lowest BCUT2D eigenvalue weighted by Crippen LogP contribution is -2.34. The van der Waals surface area contributed by atoms with Crippen molar-refractivity contribution in [2.24, 2.45) is 0 Å². The Kier molecular flexibility index (Phi) is 6.70. The minimum Gasteiger partial charge on any atom is -0.487 e. The number of nitrogens with one attached hydrogen (secondary N) is 2. The Morgan fingerprint density at radius 2 is 1.92 bits per heavy atom. The summed E-state index contributed by atoms with van der Waals surface area (Å²) in [6.07, 6.45) is -0.368. The molecule has 3 aromatic heterocycles. The molecule has 10 nitrogen and oxygen atoms in total. The van der Waals surface area contributed by atoms with Crippen LogP contribution in [0.2, 0.25) is 5.02 Å². The highest BCUT2D eigenvalue weighted by Gasteiger charge is 2.48. The van der Waals surface area contributed by atoms with Crippen LogP contribution in [0, 0.1) is 11.6 Å². The molecule has 2 fully saturated rings. The number of nitrogens with zero attached hydrogens (tertiary/aromatic N) is 3. The Morgan fingerprint density at radius 1 is 1.11 bits per heavy atom. The number of aliphatic hydroxyl groups excluding tert-OH is 1. The number of aliphatic hydroxyl groups is 1. The van der Waals surface area contributed by atoms with Gasteiger partial charge in [0.15, 0.2) is 11.8 Å². The van der Waals surface area contributed by atoms with Crippen molar-refractivity contribution < 1.29 is 32.8 Å². The van der Waals surface area contributed by atoms with Crippen LogP contribution < -0.4 is 14.8 Å². The predicted molar refractivity (Wildman–Crippen MR) is 131 cm³/mol. The SMILES string of the molecule is O[C@@H]1CO[C@H]2[C@@H]1OC[C@H]2Oc1nc2nc(NCc3c(F)cc(OCc4ccccn4)cc3F)c(Cl)cc2[nH]1. The lowest BCUT2D eigenvalue weighted by molar-refractivity contribution is 0.00706. The van der Waals surface area contributed by atoms with E-state index < -0.39 is 36.1 Å². The first-order valence-electron chi connectivity index (χ1n) is 11.8. The number of ether oxygens (including phenoxy) is 4. The first kappa shape index (κ1) is 24.7. The molecule has 0 aliphatic carbocycles. The highest BCUT2D eigenvalue weighted by atomic mass is 35.5. The van der Waals surface area contributed by atoms with Crippen molar-refractivity contribution in [3.63, 3.8) is 0 Å². The van der Waals surface area contributed by atoms with Crippen LogP contribution in [-0.2, 0) is 22.6 Å². The lowest BCUT2D eigenvalue weighted by atomic mass is 10.1. The molecular formula is C25H22ClF2N5O5. The second-order valence-electron chi connectivity index (χ2n) is 8.88. The molecule has 5 heterocycles. The second-order valence-corrected chi connectivity index (χ2v) is 9.29. The average molecular weight is 546 g/mol. The molecule has 6 rings (SSSR count). The van der Waals surface area contributed by atoms with Gasteiger partial charge in [0.1, 0.15) is 48.1 Å². The Hall–Kier alpha value is -3.58. The molecule has 0 radical (unpaired) electrons.